The van der Waals surface area contributed by atoms with Crippen molar-refractivity contribution in [2.45, 2.75) is 71.6 Å². The molecule has 0 N–H and O–H groups in total. The van der Waals surface area contributed by atoms with Crippen LogP contribution in [-0.4, -0.2) is 31.2 Å². The minimum Gasteiger partial charge on any atom is -0.301 e. The largest absolute Gasteiger partial charge is 0.301 e. The number of benzene rings is 1. The number of halogens is 1. The summed E-state index contributed by atoms with van der Waals surface area (Å²) in [6.07, 6.45) is 6.27. The molecule has 25 heavy (non-hydrogen) atoms. The molecule has 1 aliphatic carbocycles. The first-order valence-corrected chi connectivity index (χ1v) is 10.2. The predicted molar refractivity (Wildman–Crippen MR) is 105 cm³/mol. The van der Waals surface area contributed by atoms with Crippen LogP contribution in [0.25, 0.3) is 0 Å². The second kappa shape index (κ2) is 7.39. The van der Waals surface area contributed by atoms with Crippen LogP contribution in [0.15, 0.2) is 24.3 Å². The maximum atomic E-state index is 12.6. The molecule has 0 radical (unpaired) electrons. The van der Waals surface area contributed by atoms with Crippen molar-refractivity contribution >= 4 is 0 Å². The topological polar surface area (TPSA) is 3.24 Å². The van der Waals surface area contributed by atoms with Crippen LogP contribution in [0.3, 0.4) is 0 Å². The van der Waals surface area contributed by atoms with Gasteiger partial charge in [-0.1, -0.05) is 52.0 Å². The van der Waals surface area contributed by atoms with E-state index >= 15 is 0 Å². The van der Waals surface area contributed by atoms with Gasteiger partial charge in [0.1, 0.15) is 6.67 Å². The summed E-state index contributed by atoms with van der Waals surface area (Å²) in [6, 6.07) is 9.21. The Morgan fingerprint density at radius 2 is 1.44 bits per heavy atom. The van der Waals surface area contributed by atoms with Crippen molar-refractivity contribution in [3.63, 3.8) is 0 Å². The van der Waals surface area contributed by atoms with Gasteiger partial charge in [-0.2, -0.15) is 0 Å². The fraction of sp³-hybridized carbons (Fsp3) is 0.739. The Hall–Kier alpha value is -0.890. The highest BCUT2D eigenvalue weighted by atomic mass is 19.1. The highest BCUT2D eigenvalue weighted by molar-refractivity contribution is 5.34. The lowest BCUT2D eigenvalue weighted by molar-refractivity contribution is 0.0962. The van der Waals surface area contributed by atoms with Crippen LogP contribution in [0.1, 0.15) is 82.8 Å². The lowest BCUT2D eigenvalue weighted by Gasteiger charge is -2.46. The number of piperidine rings is 1. The molecule has 0 aromatic heterocycles. The second-order valence-electron chi connectivity index (χ2n) is 10.0. The molecule has 140 valence electrons. The number of rotatable bonds is 4. The van der Waals surface area contributed by atoms with Gasteiger partial charge in [0.15, 0.2) is 0 Å². The van der Waals surface area contributed by atoms with E-state index in [1.54, 1.807) is 11.1 Å². The highest BCUT2D eigenvalue weighted by Crippen LogP contribution is 2.52. The molecular weight excluding hydrogens is 309 g/mol. The molecule has 0 unspecified atom stereocenters. The van der Waals surface area contributed by atoms with E-state index in [9.17, 15) is 4.39 Å². The molecule has 1 saturated carbocycles. The van der Waals surface area contributed by atoms with Crippen LogP contribution in [0, 0.1) is 10.8 Å². The smallest absolute Gasteiger partial charge is 0.102 e. The average molecular weight is 346 g/mol. The zero-order valence-corrected chi connectivity index (χ0v) is 16.7. The van der Waals surface area contributed by atoms with Gasteiger partial charge in [0.25, 0.3) is 0 Å². The third-order valence-electron chi connectivity index (χ3n) is 6.42. The summed E-state index contributed by atoms with van der Waals surface area (Å²) in [4.78, 5) is 2.28. The zero-order chi connectivity index (χ0) is 18.1. The van der Waals surface area contributed by atoms with Crippen molar-refractivity contribution in [2.75, 3.05) is 26.3 Å². The number of alkyl halides is 1. The monoisotopic (exact) mass is 345 g/mol. The minimum atomic E-state index is -0.215. The third kappa shape index (κ3) is 4.64. The summed E-state index contributed by atoms with van der Waals surface area (Å²) >= 11 is 0. The zero-order valence-electron chi connectivity index (χ0n) is 16.7. The molecule has 3 rings (SSSR count). The summed E-state index contributed by atoms with van der Waals surface area (Å²) < 4.78 is 12.6. The number of likely N-dealkylation sites (tertiary alicyclic amines) is 1. The molecule has 1 aliphatic heterocycles. The second-order valence-corrected chi connectivity index (χ2v) is 10.0. The molecule has 2 aliphatic rings. The predicted octanol–water partition coefficient (Wildman–Crippen LogP) is 6.16. The van der Waals surface area contributed by atoms with E-state index in [2.05, 4.69) is 56.9 Å². The van der Waals surface area contributed by atoms with Crippen LogP contribution < -0.4 is 0 Å². The molecule has 2 fully saturated rings. The molecule has 1 aromatic rings. The van der Waals surface area contributed by atoms with Gasteiger partial charge < -0.3 is 4.90 Å². The highest BCUT2D eigenvalue weighted by Gasteiger charge is 2.39. The summed E-state index contributed by atoms with van der Waals surface area (Å²) in [5.74, 6) is 1.33. The van der Waals surface area contributed by atoms with Crippen LogP contribution in [0.4, 0.5) is 4.39 Å². The minimum absolute atomic E-state index is 0.215. The molecule has 1 saturated heterocycles. The van der Waals surface area contributed by atoms with E-state index in [0.29, 0.717) is 29.2 Å². The van der Waals surface area contributed by atoms with E-state index in [-0.39, 0.29) is 6.67 Å². The van der Waals surface area contributed by atoms with Crippen molar-refractivity contribution in [3.8, 4) is 0 Å². The average Bonchev–Trinajstić information content (AvgIpc) is 2.53. The summed E-state index contributed by atoms with van der Waals surface area (Å²) in [6.45, 7) is 12.3. The van der Waals surface area contributed by atoms with Crippen LogP contribution >= 0.6 is 0 Å². The molecular formula is C23H36FN. The first-order chi connectivity index (χ1) is 11.8. The Bertz CT molecular complexity index is 553. The maximum Gasteiger partial charge on any atom is 0.102 e. The lowest BCUT2D eigenvalue weighted by Crippen LogP contribution is -2.35. The molecule has 0 amide bonds. The molecule has 1 nitrogen and oxygen atoms in total. The standard InChI is InChI=1S/C23H36FN/c1-22(2)15-19(16-23(3,4)17-22)21-8-6-5-7-20(21)18-9-12-25(13-10-18)14-11-24/h5-8,18-19H,9-17H2,1-4H3. The van der Waals surface area contributed by atoms with Gasteiger partial charge in [-0.3, -0.25) is 0 Å². The van der Waals surface area contributed by atoms with Crippen molar-refractivity contribution in [1.29, 1.82) is 0 Å². The maximum absolute atomic E-state index is 12.6. The SMILES string of the molecule is CC1(C)CC(c2ccccc2C2CCN(CCF)CC2)CC(C)(C)C1. The first-order valence-electron chi connectivity index (χ1n) is 10.2. The van der Waals surface area contributed by atoms with Crippen molar-refractivity contribution in [3.05, 3.63) is 35.4 Å². The van der Waals surface area contributed by atoms with Crippen molar-refractivity contribution in [1.82, 2.24) is 4.90 Å². The Labute approximate surface area is 154 Å². The molecule has 0 bridgehead atoms. The Balaban J connectivity index is 1.80. The van der Waals surface area contributed by atoms with E-state index in [1.165, 1.54) is 32.1 Å². The molecule has 0 atom stereocenters. The van der Waals surface area contributed by atoms with Crippen molar-refractivity contribution < 1.29 is 4.39 Å². The van der Waals surface area contributed by atoms with Gasteiger partial charge in [0, 0.05) is 6.54 Å². The molecule has 1 aromatic carbocycles. The van der Waals surface area contributed by atoms with Gasteiger partial charge in [-0.05, 0) is 79.0 Å². The quantitative estimate of drug-likeness (QED) is 0.632. The third-order valence-corrected chi connectivity index (χ3v) is 6.42. The summed E-state index contributed by atoms with van der Waals surface area (Å²) in [5, 5.41) is 0. The summed E-state index contributed by atoms with van der Waals surface area (Å²) in [7, 11) is 0. The van der Waals surface area contributed by atoms with Gasteiger partial charge in [-0.15, -0.1) is 0 Å². The van der Waals surface area contributed by atoms with Gasteiger partial charge >= 0.3 is 0 Å². The molecule has 0 spiro atoms. The van der Waals surface area contributed by atoms with E-state index < -0.39 is 0 Å². The van der Waals surface area contributed by atoms with Gasteiger partial charge in [0.05, 0.1) is 0 Å². The number of nitrogens with zero attached hydrogens (tertiary/aromatic N) is 1. The molecule has 2 heteroatoms. The van der Waals surface area contributed by atoms with E-state index in [4.69, 9.17) is 0 Å². The molecule has 1 heterocycles. The van der Waals surface area contributed by atoms with E-state index in [0.717, 1.165) is 13.1 Å². The van der Waals surface area contributed by atoms with Gasteiger partial charge in [0.2, 0.25) is 0 Å². The van der Waals surface area contributed by atoms with Crippen molar-refractivity contribution in [2.24, 2.45) is 10.8 Å². The van der Waals surface area contributed by atoms with Gasteiger partial charge in [-0.25, -0.2) is 4.39 Å². The van der Waals surface area contributed by atoms with Crippen LogP contribution in [0.2, 0.25) is 0 Å². The summed E-state index contributed by atoms with van der Waals surface area (Å²) in [5.41, 5.74) is 4.03. The Morgan fingerprint density at radius 3 is 1.96 bits per heavy atom. The normalized spacial score (nSPS) is 25.2. The Kier molecular flexibility index (Phi) is 5.58. The van der Waals surface area contributed by atoms with Crippen LogP contribution in [0.5, 0.6) is 0 Å². The fourth-order valence-corrected chi connectivity index (χ4v) is 5.91. The lowest BCUT2D eigenvalue weighted by atomic mass is 9.59. The number of hydrogen-bond donors (Lipinski definition) is 0. The Morgan fingerprint density at radius 1 is 0.920 bits per heavy atom. The fourth-order valence-electron chi connectivity index (χ4n) is 5.91. The first kappa shape index (κ1) is 18.9. The van der Waals surface area contributed by atoms with E-state index in [1.807, 2.05) is 0 Å². The number of hydrogen-bond acceptors (Lipinski definition) is 1. The van der Waals surface area contributed by atoms with Crippen LogP contribution in [-0.2, 0) is 0 Å².